The molecule has 2 saturated heterocycles. The van der Waals surface area contributed by atoms with E-state index in [9.17, 15) is 4.79 Å². The van der Waals surface area contributed by atoms with E-state index in [0.717, 1.165) is 48.9 Å². The normalized spacial score (nSPS) is 18.7. The SMILES string of the molecule is O=C(CCCN1CCC(c2ccc(Cl)cc2)CC1)c1ccc(CN2CCCC2)nc1. The van der Waals surface area contributed by atoms with Crippen molar-refractivity contribution in [2.75, 3.05) is 32.7 Å². The molecule has 2 fully saturated rings. The molecule has 160 valence electrons. The average Bonchev–Trinajstić information content (AvgIpc) is 3.28. The highest BCUT2D eigenvalue weighted by Crippen LogP contribution is 2.29. The van der Waals surface area contributed by atoms with E-state index in [4.69, 9.17) is 11.6 Å². The summed E-state index contributed by atoms with van der Waals surface area (Å²) in [7, 11) is 0. The van der Waals surface area contributed by atoms with Gasteiger partial charge >= 0.3 is 0 Å². The first-order valence-electron chi connectivity index (χ1n) is 11.4. The average molecular weight is 426 g/mol. The monoisotopic (exact) mass is 425 g/mol. The summed E-state index contributed by atoms with van der Waals surface area (Å²) in [5.74, 6) is 0.844. The van der Waals surface area contributed by atoms with Gasteiger partial charge in [0.05, 0.1) is 5.69 Å². The number of carbonyl (C=O) groups excluding carboxylic acids is 1. The van der Waals surface area contributed by atoms with Crippen molar-refractivity contribution in [3.05, 3.63) is 64.4 Å². The van der Waals surface area contributed by atoms with Gasteiger partial charge in [0.1, 0.15) is 0 Å². The maximum atomic E-state index is 12.5. The Bertz CT molecular complexity index is 807. The first-order valence-corrected chi connectivity index (χ1v) is 11.7. The Labute approximate surface area is 185 Å². The van der Waals surface area contributed by atoms with Gasteiger partial charge in [0.25, 0.3) is 0 Å². The fourth-order valence-electron chi connectivity index (χ4n) is 4.69. The molecule has 0 spiro atoms. The molecule has 1 aromatic heterocycles. The van der Waals surface area contributed by atoms with Crippen molar-refractivity contribution >= 4 is 17.4 Å². The molecule has 0 atom stereocenters. The molecule has 2 aromatic rings. The van der Waals surface area contributed by atoms with E-state index in [1.54, 1.807) is 6.20 Å². The van der Waals surface area contributed by atoms with Crippen molar-refractivity contribution in [3.63, 3.8) is 0 Å². The van der Waals surface area contributed by atoms with Crippen LogP contribution in [0.2, 0.25) is 5.02 Å². The quantitative estimate of drug-likeness (QED) is 0.546. The molecule has 0 unspecified atom stereocenters. The molecule has 0 radical (unpaired) electrons. The molecule has 0 bridgehead atoms. The summed E-state index contributed by atoms with van der Waals surface area (Å²) in [5, 5.41) is 0.803. The largest absolute Gasteiger partial charge is 0.303 e. The van der Waals surface area contributed by atoms with Gasteiger partial charge in [0, 0.05) is 29.7 Å². The summed E-state index contributed by atoms with van der Waals surface area (Å²) >= 11 is 6.00. The van der Waals surface area contributed by atoms with Crippen LogP contribution in [0.15, 0.2) is 42.6 Å². The van der Waals surface area contributed by atoms with Gasteiger partial charge in [-0.3, -0.25) is 14.7 Å². The second-order valence-corrected chi connectivity index (χ2v) is 9.15. The van der Waals surface area contributed by atoms with E-state index >= 15 is 0 Å². The Balaban J connectivity index is 1.16. The minimum atomic E-state index is 0.214. The minimum absolute atomic E-state index is 0.214. The Hall–Kier alpha value is -1.75. The zero-order chi connectivity index (χ0) is 20.8. The van der Waals surface area contributed by atoms with Crippen LogP contribution in [-0.4, -0.2) is 53.3 Å². The maximum absolute atomic E-state index is 12.5. The van der Waals surface area contributed by atoms with Gasteiger partial charge in [-0.1, -0.05) is 23.7 Å². The summed E-state index contributed by atoms with van der Waals surface area (Å²) in [6.07, 6.45) is 8.22. The zero-order valence-corrected chi connectivity index (χ0v) is 18.5. The highest BCUT2D eigenvalue weighted by molar-refractivity contribution is 6.30. The van der Waals surface area contributed by atoms with Gasteiger partial charge in [0.15, 0.2) is 5.78 Å². The smallest absolute Gasteiger partial charge is 0.164 e. The number of aromatic nitrogens is 1. The second-order valence-electron chi connectivity index (χ2n) is 8.72. The molecule has 2 aliphatic rings. The predicted octanol–water partition coefficient (Wildman–Crippen LogP) is 5.17. The standard InChI is InChI=1S/C25H32ClN3O/c26-23-8-5-20(6-9-23)21-11-16-28(17-12-21)15-3-4-25(30)22-7-10-24(27-18-22)19-29-13-1-2-14-29/h5-10,18,21H,1-4,11-17,19H2. The number of pyridine rings is 1. The zero-order valence-electron chi connectivity index (χ0n) is 17.7. The van der Waals surface area contributed by atoms with Gasteiger partial charge in [-0.2, -0.15) is 0 Å². The van der Waals surface area contributed by atoms with Crippen molar-refractivity contribution in [1.29, 1.82) is 0 Å². The number of Topliss-reactive ketones (excluding diaryl/α,β-unsaturated/α-hetero) is 1. The van der Waals surface area contributed by atoms with Crippen LogP contribution >= 0.6 is 11.6 Å². The summed E-state index contributed by atoms with van der Waals surface area (Å²) in [6, 6.07) is 12.3. The van der Waals surface area contributed by atoms with Crippen LogP contribution < -0.4 is 0 Å². The molecule has 0 N–H and O–H groups in total. The maximum Gasteiger partial charge on any atom is 0.164 e. The fourth-order valence-corrected chi connectivity index (χ4v) is 4.81. The number of halogens is 1. The van der Waals surface area contributed by atoms with E-state index in [-0.39, 0.29) is 5.78 Å². The third-order valence-electron chi connectivity index (χ3n) is 6.54. The first kappa shape index (κ1) is 21.5. The van der Waals surface area contributed by atoms with Crippen LogP contribution in [0.1, 0.15) is 66.1 Å². The number of rotatable bonds is 8. The van der Waals surface area contributed by atoms with Crippen molar-refractivity contribution in [2.24, 2.45) is 0 Å². The van der Waals surface area contributed by atoms with Crippen LogP contribution in [0, 0.1) is 0 Å². The van der Waals surface area contributed by atoms with E-state index in [1.807, 2.05) is 24.3 Å². The van der Waals surface area contributed by atoms with Crippen LogP contribution in [-0.2, 0) is 6.54 Å². The van der Waals surface area contributed by atoms with E-state index in [2.05, 4.69) is 26.9 Å². The molecule has 0 aliphatic carbocycles. The lowest BCUT2D eigenvalue weighted by Crippen LogP contribution is -2.33. The lowest BCUT2D eigenvalue weighted by Gasteiger charge is -2.32. The molecule has 5 heteroatoms. The Kier molecular flexibility index (Phi) is 7.53. The van der Waals surface area contributed by atoms with Gasteiger partial charge in [-0.25, -0.2) is 0 Å². The lowest BCUT2D eigenvalue weighted by atomic mass is 9.89. The molecule has 30 heavy (non-hydrogen) atoms. The Morgan fingerprint density at radius 3 is 2.37 bits per heavy atom. The number of hydrogen-bond acceptors (Lipinski definition) is 4. The molecular formula is C25H32ClN3O. The number of benzene rings is 1. The highest BCUT2D eigenvalue weighted by Gasteiger charge is 2.20. The fraction of sp³-hybridized carbons (Fsp3) is 0.520. The van der Waals surface area contributed by atoms with Crippen molar-refractivity contribution < 1.29 is 4.79 Å². The molecular weight excluding hydrogens is 394 g/mol. The Morgan fingerprint density at radius 2 is 1.70 bits per heavy atom. The van der Waals surface area contributed by atoms with Crippen LogP contribution in [0.25, 0.3) is 0 Å². The number of hydrogen-bond donors (Lipinski definition) is 0. The summed E-state index contributed by atoms with van der Waals surface area (Å²) in [6.45, 7) is 6.45. The topological polar surface area (TPSA) is 36.4 Å². The Morgan fingerprint density at radius 1 is 0.967 bits per heavy atom. The van der Waals surface area contributed by atoms with Crippen LogP contribution in [0.3, 0.4) is 0 Å². The number of nitrogens with zero attached hydrogens (tertiary/aromatic N) is 3. The van der Waals surface area contributed by atoms with Crippen molar-refractivity contribution in [3.8, 4) is 0 Å². The number of likely N-dealkylation sites (tertiary alicyclic amines) is 2. The molecule has 1 aromatic carbocycles. The van der Waals surface area contributed by atoms with Gasteiger partial charge in [0.2, 0.25) is 0 Å². The number of ketones is 1. The van der Waals surface area contributed by atoms with E-state index < -0.39 is 0 Å². The molecule has 2 aliphatic heterocycles. The van der Waals surface area contributed by atoms with Gasteiger partial charge in [-0.05, 0) is 101 Å². The lowest BCUT2D eigenvalue weighted by molar-refractivity contribution is 0.0972. The van der Waals surface area contributed by atoms with Crippen LogP contribution in [0.5, 0.6) is 0 Å². The summed E-state index contributed by atoms with van der Waals surface area (Å²) in [4.78, 5) is 22.0. The summed E-state index contributed by atoms with van der Waals surface area (Å²) < 4.78 is 0. The minimum Gasteiger partial charge on any atom is -0.303 e. The number of carbonyl (C=O) groups is 1. The number of piperidine rings is 1. The highest BCUT2D eigenvalue weighted by atomic mass is 35.5. The van der Waals surface area contributed by atoms with Gasteiger partial charge in [-0.15, -0.1) is 0 Å². The van der Waals surface area contributed by atoms with Gasteiger partial charge < -0.3 is 4.90 Å². The molecule has 0 saturated carbocycles. The molecule has 3 heterocycles. The third-order valence-corrected chi connectivity index (χ3v) is 6.79. The molecule has 0 amide bonds. The molecule has 4 nitrogen and oxygen atoms in total. The third kappa shape index (κ3) is 5.90. The second kappa shape index (κ2) is 10.5. The van der Waals surface area contributed by atoms with Crippen molar-refractivity contribution in [1.82, 2.24) is 14.8 Å². The molecule has 4 rings (SSSR count). The van der Waals surface area contributed by atoms with E-state index in [0.29, 0.717) is 12.3 Å². The van der Waals surface area contributed by atoms with Crippen LogP contribution in [0.4, 0.5) is 0 Å². The first-order chi connectivity index (χ1) is 14.7. The summed E-state index contributed by atoms with van der Waals surface area (Å²) in [5.41, 5.74) is 3.22. The van der Waals surface area contributed by atoms with Crippen molar-refractivity contribution in [2.45, 2.75) is 51.0 Å². The van der Waals surface area contributed by atoms with E-state index in [1.165, 1.54) is 44.3 Å². The predicted molar refractivity (Wildman–Crippen MR) is 122 cm³/mol.